The van der Waals surface area contributed by atoms with Crippen LogP contribution in [0.1, 0.15) is 25.3 Å². The van der Waals surface area contributed by atoms with E-state index < -0.39 is 16.8 Å². The summed E-state index contributed by atoms with van der Waals surface area (Å²) in [6, 6.07) is 3.34. The average molecular weight is 397 g/mol. The molecule has 0 radical (unpaired) electrons. The number of pyridine rings is 1. The Morgan fingerprint density at radius 3 is 2.65 bits per heavy atom. The lowest BCUT2D eigenvalue weighted by Gasteiger charge is -2.21. The minimum Gasteiger partial charge on any atom is -0.367 e. The number of benzene rings is 1. The Morgan fingerprint density at radius 1 is 1.23 bits per heavy atom. The van der Waals surface area contributed by atoms with Gasteiger partial charge in [0.25, 0.3) is 5.56 Å². The summed E-state index contributed by atoms with van der Waals surface area (Å²) < 4.78 is 19.4. The maximum Gasteiger partial charge on any atom is 0.271 e. The highest BCUT2D eigenvalue weighted by molar-refractivity contribution is 7.12. The minimum atomic E-state index is -0.438. The highest BCUT2D eigenvalue weighted by Gasteiger charge is 2.30. The van der Waals surface area contributed by atoms with Crippen molar-refractivity contribution in [2.75, 3.05) is 18.0 Å². The van der Waals surface area contributed by atoms with Crippen molar-refractivity contribution < 1.29 is 4.39 Å². The molecule has 138 valence electrons. The molecule has 1 aliphatic carbocycles. The molecule has 3 heterocycles. The third-order valence-corrected chi connectivity index (χ3v) is 6.06. The first-order valence-corrected chi connectivity index (χ1v) is 9.25. The van der Waals surface area contributed by atoms with Gasteiger partial charge >= 0.3 is 0 Å². The zero-order chi connectivity index (χ0) is 17.3. The number of fused-ring (bicyclic) bond motifs is 2. The summed E-state index contributed by atoms with van der Waals surface area (Å²) in [6.07, 6.45) is 2.83. The van der Waals surface area contributed by atoms with E-state index in [1.165, 1.54) is 17.6 Å². The van der Waals surface area contributed by atoms with E-state index in [0.29, 0.717) is 29.1 Å². The highest BCUT2D eigenvalue weighted by atomic mass is 35.5. The van der Waals surface area contributed by atoms with Crippen molar-refractivity contribution in [1.82, 2.24) is 8.94 Å². The number of nitrogens with two attached hydrogens (primary N) is 1. The first-order chi connectivity index (χ1) is 12.0. The molecule has 0 bridgehead atoms. The van der Waals surface area contributed by atoms with Gasteiger partial charge in [0.1, 0.15) is 16.0 Å². The molecule has 0 amide bonds. The Morgan fingerprint density at radius 2 is 2.00 bits per heavy atom. The van der Waals surface area contributed by atoms with E-state index in [4.69, 9.17) is 5.73 Å². The maximum absolute atomic E-state index is 14.7. The van der Waals surface area contributed by atoms with Crippen LogP contribution in [0.5, 0.6) is 0 Å². The van der Waals surface area contributed by atoms with Crippen LogP contribution in [0.4, 0.5) is 10.1 Å². The van der Waals surface area contributed by atoms with E-state index in [9.17, 15) is 14.0 Å². The summed E-state index contributed by atoms with van der Waals surface area (Å²) in [5.74, 6) is -0.438. The second-order valence-corrected chi connectivity index (χ2v) is 7.75. The SMILES string of the molecule is Cl.NC1CCN(c2cc3c(cc2F)c(=O)c2c(=O)[nH]sc2n3C2CC2)C1. The van der Waals surface area contributed by atoms with Crippen molar-refractivity contribution in [2.45, 2.75) is 31.3 Å². The monoisotopic (exact) mass is 396 g/mol. The van der Waals surface area contributed by atoms with Gasteiger partial charge < -0.3 is 15.2 Å². The molecule has 2 aromatic heterocycles. The number of aromatic nitrogens is 2. The standard InChI is InChI=1S/C17H17FN4O2S.ClH/c18-11-5-10-12(6-13(11)21-4-3-8(19)7-21)22(9-1-2-9)17-14(15(10)23)16(24)20-25-17;/h5-6,8-9H,1-4,7,19H2,(H,20,24);1H. The van der Waals surface area contributed by atoms with Crippen LogP contribution in [0.25, 0.3) is 21.1 Å². The van der Waals surface area contributed by atoms with Gasteiger partial charge in [-0.1, -0.05) is 0 Å². The fourth-order valence-corrected chi connectivity index (χ4v) is 4.71. The van der Waals surface area contributed by atoms with Crippen LogP contribution < -0.4 is 21.6 Å². The van der Waals surface area contributed by atoms with E-state index in [1.54, 1.807) is 6.07 Å². The van der Waals surface area contributed by atoms with E-state index in [2.05, 4.69) is 4.37 Å². The fourth-order valence-electron chi connectivity index (χ4n) is 3.78. The average Bonchev–Trinajstić information content (AvgIpc) is 3.21. The lowest BCUT2D eigenvalue weighted by atomic mass is 10.1. The number of rotatable bonds is 2. The number of H-pyrrole nitrogens is 1. The fraction of sp³-hybridized carbons (Fsp3) is 0.412. The normalized spacial score (nSPS) is 20.1. The molecule has 1 unspecified atom stereocenters. The van der Waals surface area contributed by atoms with Crippen LogP contribution >= 0.6 is 23.9 Å². The third kappa shape index (κ3) is 2.47. The zero-order valence-electron chi connectivity index (χ0n) is 13.8. The molecular weight excluding hydrogens is 379 g/mol. The first kappa shape index (κ1) is 17.5. The van der Waals surface area contributed by atoms with Crippen LogP contribution in [0.2, 0.25) is 0 Å². The van der Waals surface area contributed by atoms with E-state index in [-0.39, 0.29) is 35.3 Å². The summed E-state index contributed by atoms with van der Waals surface area (Å²) in [7, 11) is 0. The summed E-state index contributed by atoms with van der Waals surface area (Å²) in [5, 5.41) is 0.410. The Hall–Kier alpha value is -1.90. The molecular formula is C17H18ClFN4O2S. The molecule has 6 nitrogen and oxygen atoms in total. The molecule has 2 aliphatic rings. The summed E-state index contributed by atoms with van der Waals surface area (Å²) in [4.78, 5) is 27.4. The van der Waals surface area contributed by atoms with Crippen LogP contribution in [0.3, 0.4) is 0 Å². The molecule has 1 atom stereocenters. The number of hydrogen-bond donors (Lipinski definition) is 2. The van der Waals surface area contributed by atoms with Gasteiger partial charge in [0.05, 0.1) is 11.2 Å². The van der Waals surface area contributed by atoms with Gasteiger partial charge in [0.2, 0.25) is 5.43 Å². The number of hydrogen-bond acceptors (Lipinski definition) is 5. The summed E-state index contributed by atoms with van der Waals surface area (Å²) >= 11 is 1.18. The quantitative estimate of drug-likeness (QED) is 0.696. The predicted octanol–water partition coefficient (Wildman–Crippen LogP) is 2.34. The molecule has 1 saturated carbocycles. The molecule has 0 spiro atoms. The molecule has 3 N–H and O–H groups in total. The number of nitrogens with one attached hydrogen (secondary N) is 1. The molecule has 9 heteroatoms. The van der Waals surface area contributed by atoms with Crippen molar-refractivity contribution in [3.63, 3.8) is 0 Å². The van der Waals surface area contributed by atoms with E-state index in [1.807, 2.05) is 9.47 Å². The second-order valence-electron chi connectivity index (χ2n) is 6.96. The maximum atomic E-state index is 14.7. The minimum absolute atomic E-state index is 0. The zero-order valence-corrected chi connectivity index (χ0v) is 15.5. The van der Waals surface area contributed by atoms with Crippen LogP contribution in [-0.2, 0) is 0 Å². The molecule has 1 aliphatic heterocycles. The van der Waals surface area contributed by atoms with Crippen LogP contribution in [0.15, 0.2) is 21.7 Å². The third-order valence-electron chi connectivity index (χ3n) is 5.17. The van der Waals surface area contributed by atoms with Crippen molar-refractivity contribution in [2.24, 2.45) is 5.73 Å². The van der Waals surface area contributed by atoms with Gasteiger partial charge in [-0.3, -0.25) is 14.0 Å². The molecule has 1 saturated heterocycles. The molecule has 2 fully saturated rings. The Kier molecular flexibility index (Phi) is 4.09. The lowest BCUT2D eigenvalue weighted by Crippen LogP contribution is -2.27. The molecule has 3 aromatic rings. The number of nitrogens with zero attached hydrogens (tertiary/aromatic N) is 2. The van der Waals surface area contributed by atoms with Gasteiger partial charge in [0.15, 0.2) is 0 Å². The van der Waals surface area contributed by atoms with Crippen LogP contribution in [-0.4, -0.2) is 28.1 Å². The number of aromatic amines is 1. The predicted molar refractivity (Wildman–Crippen MR) is 104 cm³/mol. The topological polar surface area (TPSA) is 84.1 Å². The van der Waals surface area contributed by atoms with E-state index >= 15 is 0 Å². The Balaban J connectivity index is 0.00000168. The van der Waals surface area contributed by atoms with Gasteiger partial charge in [-0.25, -0.2) is 4.39 Å². The number of halogens is 2. The van der Waals surface area contributed by atoms with Crippen molar-refractivity contribution in [3.8, 4) is 0 Å². The van der Waals surface area contributed by atoms with Crippen molar-refractivity contribution in [1.29, 1.82) is 0 Å². The first-order valence-electron chi connectivity index (χ1n) is 8.44. The second kappa shape index (κ2) is 6.07. The summed E-state index contributed by atoms with van der Waals surface area (Å²) in [5.41, 5.74) is 6.35. The Bertz CT molecular complexity index is 1130. The van der Waals surface area contributed by atoms with Gasteiger partial charge in [-0.05, 0) is 42.9 Å². The molecule has 5 rings (SSSR count). The van der Waals surface area contributed by atoms with Crippen molar-refractivity contribution in [3.05, 3.63) is 38.5 Å². The lowest BCUT2D eigenvalue weighted by molar-refractivity contribution is 0.623. The highest BCUT2D eigenvalue weighted by Crippen LogP contribution is 2.40. The van der Waals surface area contributed by atoms with Crippen LogP contribution in [0, 0.1) is 5.82 Å². The largest absolute Gasteiger partial charge is 0.367 e. The van der Waals surface area contributed by atoms with Gasteiger partial charge in [-0.15, -0.1) is 12.4 Å². The van der Waals surface area contributed by atoms with Gasteiger partial charge in [0, 0.05) is 30.6 Å². The van der Waals surface area contributed by atoms with E-state index in [0.717, 1.165) is 19.3 Å². The molecule has 1 aromatic carbocycles. The molecule has 26 heavy (non-hydrogen) atoms. The smallest absolute Gasteiger partial charge is 0.271 e. The van der Waals surface area contributed by atoms with Crippen molar-refractivity contribution >= 4 is 50.7 Å². The summed E-state index contributed by atoms with van der Waals surface area (Å²) in [6.45, 7) is 1.31. The van der Waals surface area contributed by atoms with Gasteiger partial charge in [-0.2, -0.15) is 0 Å². The Labute approximate surface area is 158 Å². The number of anilines is 1.